The molecule has 1 aliphatic heterocycles. The lowest BCUT2D eigenvalue weighted by molar-refractivity contribution is -0.137. The highest BCUT2D eigenvalue weighted by atomic mass is 128. The van der Waals surface area contributed by atoms with Gasteiger partial charge in [-0.15, -0.1) is 23.2 Å². The van der Waals surface area contributed by atoms with Crippen molar-refractivity contribution in [1.82, 2.24) is 9.80 Å². The summed E-state index contributed by atoms with van der Waals surface area (Å²) in [4.78, 5) is 29.1. The third-order valence-corrected chi connectivity index (χ3v) is 6.71. The van der Waals surface area contributed by atoms with Crippen LogP contribution in [0.3, 0.4) is 0 Å². The van der Waals surface area contributed by atoms with E-state index in [1.807, 2.05) is 60.7 Å². The third-order valence-electron chi connectivity index (χ3n) is 4.89. The highest BCUT2D eigenvalue weighted by Crippen LogP contribution is 2.21. The summed E-state index contributed by atoms with van der Waals surface area (Å²) >= 11 is 28.3. The van der Waals surface area contributed by atoms with E-state index in [4.69, 9.17) is 35.4 Å². The van der Waals surface area contributed by atoms with Crippen molar-refractivity contribution >= 4 is 131 Å². The number of nitrogens with zero attached hydrogens (tertiary/aromatic N) is 3. The summed E-state index contributed by atoms with van der Waals surface area (Å²) < 4.78 is 4.88. The molecule has 1 heterocycles. The van der Waals surface area contributed by atoms with Gasteiger partial charge in [0.05, 0.1) is 42.2 Å². The van der Waals surface area contributed by atoms with Gasteiger partial charge in [-0.25, -0.2) is 4.99 Å². The van der Waals surface area contributed by atoms with E-state index in [2.05, 4.69) is 103 Å². The maximum Gasteiger partial charge on any atom is 0.315 e. The number of thiol groups is 1. The lowest BCUT2D eigenvalue weighted by atomic mass is 10.2. The Labute approximate surface area is 305 Å². The number of thiocarbonyl (C=S) groups is 2. The van der Waals surface area contributed by atoms with Gasteiger partial charge >= 0.3 is 5.97 Å². The number of aliphatic imine (C=N–C) groups is 1. The zero-order valence-corrected chi connectivity index (χ0v) is 33.4. The second-order valence-corrected chi connectivity index (χ2v) is 10.3. The number of hydrogen-bond acceptors (Lipinski definition) is 9. The topological polar surface area (TPSA) is 62.2 Å². The summed E-state index contributed by atoms with van der Waals surface area (Å²) in [6, 6.07) is 19.8. The van der Waals surface area contributed by atoms with Crippen LogP contribution in [0.2, 0.25) is 0 Å². The molecule has 0 radical (unpaired) electrons. The maximum absolute atomic E-state index is 11.4. The van der Waals surface area contributed by atoms with Crippen LogP contribution < -0.4 is 0 Å². The zero-order valence-electron chi connectivity index (χ0n) is 24.2. The lowest BCUT2D eigenvalue weighted by Gasteiger charge is -2.14. The molecule has 1 amide bonds. The Morgan fingerprint density at radius 1 is 1.05 bits per heavy atom. The Morgan fingerprint density at radius 3 is 1.79 bits per heavy atom. The van der Waals surface area contributed by atoms with E-state index >= 15 is 0 Å². The number of methoxy groups -OCH3 is 1. The number of rotatable bonds is 8. The number of hydrogen-bond donors (Lipinski definition) is 1. The molecule has 1 fully saturated rings. The van der Waals surface area contributed by atoms with Crippen molar-refractivity contribution in [2.75, 3.05) is 43.6 Å². The van der Waals surface area contributed by atoms with Crippen LogP contribution in [-0.2, 0) is 27.4 Å². The molecule has 0 aromatic heterocycles. The van der Waals surface area contributed by atoms with Gasteiger partial charge in [-0.1, -0.05) is 105 Å². The molecule has 0 N–H and O–H groups in total. The second kappa shape index (κ2) is 35.4. The van der Waals surface area contributed by atoms with E-state index < -0.39 is 0 Å². The second-order valence-electron chi connectivity index (χ2n) is 7.37. The molecule has 42 heavy (non-hydrogen) atoms. The fourth-order valence-corrected chi connectivity index (χ4v) is 4.00. The zero-order chi connectivity index (χ0) is 32.6. The highest BCUT2D eigenvalue weighted by Gasteiger charge is 2.26. The van der Waals surface area contributed by atoms with E-state index in [-0.39, 0.29) is 23.0 Å². The monoisotopic (exact) mass is 917 g/mol. The van der Waals surface area contributed by atoms with Crippen LogP contribution in [0.5, 0.6) is 0 Å². The van der Waals surface area contributed by atoms with Gasteiger partial charge in [-0.05, 0) is 43.0 Å². The summed E-state index contributed by atoms with van der Waals surface area (Å²) in [6.07, 6.45) is 0. The standard InChI is InChI=1S/C10H9NOS2.C8H7NS.C6H15N.C3H6O2S.CH2Cl2.I2/c12-9-7-14-10(13)11(9)6-8-4-2-1-3-5-8;10-7-9-6-8-4-2-1-3-5-8;1-4-7(5-2)6-3;1-5-3(4)2-6;2-1-3;1-2/h1-5H,6-7H2;1-5H,6H2;4-6H2,1-3H3;6H,2H2,1H3;1H2;. The minimum absolute atomic E-state index is 0.115. The molecule has 2 aromatic rings. The molecule has 0 spiro atoms. The molecule has 1 saturated heterocycles. The Kier molecular flexibility index (Phi) is 39.2. The minimum Gasteiger partial charge on any atom is -0.468 e. The normalized spacial score (nSPS) is 10.9. The predicted molar refractivity (Wildman–Crippen MR) is 211 cm³/mol. The molecule has 0 saturated carbocycles. The molecule has 14 heteroatoms. The SMILES string of the molecule is CCN(CC)CC.COC(=O)CS.ClCCl.II.O=C1CSC(=S)N1Cc1ccccc1.S=C=NCc1ccccc1. The van der Waals surface area contributed by atoms with Crippen molar-refractivity contribution in [3.8, 4) is 0 Å². The number of esters is 1. The van der Waals surface area contributed by atoms with Gasteiger partial charge in [-0.3, -0.25) is 14.5 Å². The predicted octanol–water partition coefficient (Wildman–Crippen LogP) is 8.97. The lowest BCUT2D eigenvalue weighted by Crippen LogP contribution is -2.27. The number of halogens is 4. The van der Waals surface area contributed by atoms with Gasteiger partial charge in [0.2, 0.25) is 5.91 Å². The molecule has 0 bridgehead atoms. The van der Waals surface area contributed by atoms with Crippen molar-refractivity contribution < 1.29 is 14.3 Å². The molecule has 1 aliphatic rings. The first-order valence-electron chi connectivity index (χ1n) is 12.5. The van der Waals surface area contributed by atoms with Crippen molar-refractivity contribution in [3.05, 3.63) is 71.8 Å². The molecule has 3 rings (SSSR count). The fourth-order valence-electron chi connectivity index (χ4n) is 2.74. The van der Waals surface area contributed by atoms with E-state index in [9.17, 15) is 9.59 Å². The number of isothiocyanates is 1. The first-order chi connectivity index (χ1) is 20.3. The fraction of sp³-hybridized carbons (Fsp3) is 0.429. The van der Waals surface area contributed by atoms with Crippen molar-refractivity contribution in [2.45, 2.75) is 33.9 Å². The number of alkyl halides is 2. The van der Waals surface area contributed by atoms with Crippen LogP contribution in [0.4, 0.5) is 0 Å². The average Bonchev–Trinajstić information content (AvgIpc) is 3.36. The summed E-state index contributed by atoms with van der Waals surface area (Å²) in [5, 5.41) is 2.52. The van der Waals surface area contributed by atoms with Gasteiger partial charge in [0, 0.05) is 37.2 Å². The Balaban J connectivity index is -0.000000482. The number of carbonyl (C=O) groups is 2. The smallest absolute Gasteiger partial charge is 0.315 e. The van der Waals surface area contributed by atoms with Gasteiger partial charge < -0.3 is 9.64 Å². The number of amides is 1. The van der Waals surface area contributed by atoms with E-state index in [0.717, 1.165) is 5.56 Å². The first-order valence-corrected chi connectivity index (χ1v) is 22.3. The van der Waals surface area contributed by atoms with E-state index in [0.29, 0.717) is 23.2 Å². The Hall–Kier alpha value is -0.0300. The summed E-state index contributed by atoms with van der Waals surface area (Å²) in [7, 11) is 1.33. The summed E-state index contributed by atoms with van der Waals surface area (Å²) in [6.45, 7) is 11.4. The number of benzene rings is 2. The molecule has 0 unspecified atom stereocenters. The summed E-state index contributed by atoms with van der Waals surface area (Å²) in [5.74, 6) is 0.476. The van der Waals surface area contributed by atoms with Crippen LogP contribution in [0.15, 0.2) is 65.7 Å². The highest BCUT2D eigenvalue weighted by molar-refractivity contribution is 15.0. The van der Waals surface area contributed by atoms with Crippen molar-refractivity contribution in [1.29, 1.82) is 0 Å². The summed E-state index contributed by atoms with van der Waals surface area (Å²) in [5.41, 5.74) is 2.28. The minimum atomic E-state index is -0.293. The average molecular weight is 919 g/mol. The quantitative estimate of drug-likeness (QED) is 0.0709. The molecule has 0 aliphatic carbocycles. The van der Waals surface area contributed by atoms with Crippen LogP contribution in [0, 0.1) is 0 Å². The van der Waals surface area contributed by atoms with E-state index in [1.165, 1.54) is 44.1 Å². The molecule has 0 atom stereocenters. The molecule has 6 nitrogen and oxygen atoms in total. The third kappa shape index (κ3) is 27.5. The molecule has 236 valence electrons. The van der Waals surface area contributed by atoms with Crippen LogP contribution >= 0.6 is 109 Å². The Bertz CT molecular complexity index is 963. The number of carbonyl (C=O) groups excluding carboxylic acids is 2. The maximum atomic E-state index is 11.4. The van der Waals surface area contributed by atoms with E-state index in [1.54, 1.807) is 4.90 Å². The first kappa shape index (κ1) is 46.4. The molecular weight excluding hydrogens is 879 g/mol. The Morgan fingerprint density at radius 2 is 1.50 bits per heavy atom. The van der Waals surface area contributed by atoms with Gasteiger partial charge in [-0.2, -0.15) is 12.6 Å². The molecule has 2 aromatic carbocycles. The van der Waals surface area contributed by atoms with Gasteiger partial charge in [0.25, 0.3) is 0 Å². The van der Waals surface area contributed by atoms with Crippen molar-refractivity contribution in [3.63, 3.8) is 0 Å². The van der Waals surface area contributed by atoms with Crippen LogP contribution in [0.1, 0.15) is 31.9 Å². The van der Waals surface area contributed by atoms with Gasteiger partial charge in [0.15, 0.2) is 0 Å². The van der Waals surface area contributed by atoms with Crippen molar-refractivity contribution in [2.24, 2.45) is 4.99 Å². The number of ether oxygens (including phenoxy) is 1. The van der Waals surface area contributed by atoms with Crippen LogP contribution in [0.25, 0.3) is 0 Å². The molecular formula is C28H39Cl2I2N3O3S4. The number of thioether (sulfide) groups is 1. The van der Waals surface area contributed by atoms with Gasteiger partial charge in [0.1, 0.15) is 4.32 Å². The van der Waals surface area contributed by atoms with Crippen LogP contribution in [-0.4, -0.2) is 74.7 Å². The largest absolute Gasteiger partial charge is 0.468 e.